The van der Waals surface area contributed by atoms with E-state index in [2.05, 4.69) is 46.7 Å². The number of hydrogen-bond acceptors (Lipinski definition) is 3. The van der Waals surface area contributed by atoms with Gasteiger partial charge in [-0.15, -0.1) is 0 Å². The van der Waals surface area contributed by atoms with Gasteiger partial charge in [0.1, 0.15) is 0 Å². The van der Waals surface area contributed by atoms with E-state index in [0.29, 0.717) is 6.04 Å². The zero-order chi connectivity index (χ0) is 13.0. The summed E-state index contributed by atoms with van der Waals surface area (Å²) in [7, 11) is 0. The zero-order valence-corrected chi connectivity index (χ0v) is 11.9. The fourth-order valence-corrected chi connectivity index (χ4v) is 2.72. The molecule has 1 atom stereocenters. The number of imidazole rings is 1. The molecule has 0 spiro atoms. The quantitative estimate of drug-likeness (QED) is 0.871. The Kier molecular flexibility index (Phi) is 4.64. The molecule has 1 unspecified atom stereocenters. The first-order valence-electron chi connectivity index (χ1n) is 7.25. The smallest absolute Gasteiger partial charge is 0.203 e. The highest BCUT2D eigenvalue weighted by atomic mass is 15.2. The SMILES string of the molecule is CCCn1cc(C)nc1NC1CCCN(CC)C1. The molecule has 4 nitrogen and oxygen atoms in total. The average Bonchev–Trinajstić information content (AvgIpc) is 2.70. The van der Waals surface area contributed by atoms with E-state index >= 15 is 0 Å². The summed E-state index contributed by atoms with van der Waals surface area (Å²) in [5, 5.41) is 3.63. The molecular formula is C14H26N4. The summed E-state index contributed by atoms with van der Waals surface area (Å²) in [6, 6.07) is 0.552. The molecule has 0 amide bonds. The first-order chi connectivity index (χ1) is 8.72. The summed E-state index contributed by atoms with van der Waals surface area (Å²) >= 11 is 0. The van der Waals surface area contributed by atoms with E-state index in [0.717, 1.165) is 37.7 Å². The van der Waals surface area contributed by atoms with Crippen molar-refractivity contribution in [3.05, 3.63) is 11.9 Å². The summed E-state index contributed by atoms with van der Waals surface area (Å²) in [5.74, 6) is 1.05. The summed E-state index contributed by atoms with van der Waals surface area (Å²) in [6.45, 7) is 11.1. The highest BCUT2D eigenvalue weighted by molar-refractivity contribution is 5.30. The second kappa shape index (κ2) is 6.23. The van der Waals surface area contributed by atoms with Crippen LogP contribution < -0.4 is 5.32 Å². The third-order valence-electron chi connectivity index (χ3n) is 3.65. The van der Waals surface area contributed by atoms with Crippen molar-refractivity contribution >= 4 is 5.95 Å². The van der Waals surface area contributed by atoms with Crippen molar-refractivity contribution in [1.29, 1.82) is 0 Å². The Balaban J connectivity index is 1.99. The van der Waals surface area contributed by atoms with E-state index < -0.39 is 0 Å². The van der Waals surface area contributed by atoms with Crippen LogP contribution in [0.4, 0.5) is 5.95 Å². The lowest BCUT2D eigenvalue weighted by molar-refractivity contribution is 0.226. The molecule has 0 radical (unpaired) electrons. The average molecular weight is 250 g/mol. The summed E-state index contributed by atoms with van der Waals surface area (Å²) in [6.07, 6.45) is 5.84. The molecule has 1 N–H and O–H groups in total. The minimum Gasteiger partial charge on any atom is -0.352 e. The lowest BCUT2D eigenvalue weighted by atomic mass is 10.1. The monoisotopic (exact) mass is 250 g/mol. The first-order valence-corrected chi connectivity index (χ1v) is 7.25. The molecule has 2 rings (SSSR count). The van der Waals surface area contributed by atoms with Crippen LogP contribution in [0.15, 0.2) is 6.20 Å². The molecule has 0 bridgehead atoms. The maximum atomic E-state index is 4.61. The first kappa shape index (κ1) is 13.4. The van der Waals surface area contributed by atoms with E-state index in [1.807, 2.05) is 0 Å². The molecule has 1 fully saturated rings. The summed E-state index contributed by atoms with van der Waals surface area (Å²) in [5.41, 5.74) is 1.11. The number of aryl methyl sites for hydroxylation is 2. The molecule has 4 heteroatoms. The highest BCUT2D eigenvalue weighted by Gasteiger charge is 2.19. The number of piperidine rings is 1. The van der Waals surface area contributed by atoms with Crippen LogP contribution in [0.5, 0.6) is 0 Å². The van der Waals surface area contributed by atoms with Crippen LogP contribution in [-0.4, -0.2) is 40.1 Å². The van der Waals surface area contributed by atoms with Gasteiger partial charge in [-0.2, -0.15) is 0 Å². The van der Waals surface area contributed by atoms with E-state index in [1.54, 1.807) is 0 Å². The van der Waals surface area contributed by atoms with E-state index in [-0.39, 0.29) is 0 Å². The number of nitrogens with one attached hydrogen (secondary N) is 1. The van der Waals surface area contributed by atoms with E-state index in [4.69, 9.17) is 0 Å². The number of likely N-dealkylation sites (tertiary alicyclic amines) is 1. The molecule has 1 aromatic heterocycles. The summed E-state index contributed by atoms with van der Waals surface area (Å²) in [4.78, 5) is 7.12. The van der Waals surface area contributed by atoms with Gasteiger partial charge in [-0.1, -0.05) is 13.8 Å². The standard InChI is InChI=1S/C14H26N4/c1-4-8-18-10-12(3)15-14(18)16-13-7-6-9-17(5-2)11-13/h10,13H,4-9,11H2,1-3H3,(H,15,16). The van der Waals surface area contributed by atoms with Crippen LogP contribution in [0.3, 0.4) is 0 Å². The Bertz CT molecular complexity index is 372. The highest BCUT2D eigenvalue weighted by Crippen LogP contribution is 2.16. The number of anilines is 1. The van der Waals surface area contributed by atoms with Crippen LogP contribution in [0.25, 0.3) is 0 Å². The van der Waals surface area contributed by atoms with E-state index in [1.165, 1.54) is 19.4 Å². The maximum Gasteiger partial charge on any atom is 0.203 e. The van der Waals surface area contributed by atoms with Gasteiger partial charge in [0, 0.05) is 25.3 Å². The lowest BCUT2D eigenvalue weighted by Gasteiger charge is -2.32. The minimum absolute atomic E-state index is 0.552. The van der Waals surface area contributed by atoms with Crippen LogP contribution in [0.2, 0.25) is 0 Å². The zero-order valence-electron chi connectivity index (χ0n) is 11.9. The maximum absolute atomic E-state index is 4.61. The second-order valence-corrected chi connectivity index (χ2v) is 5.28. The van der Waals surface area contributed by atoms with Crippen LogP contribution in [0, 0.1) is 6.92 Å². The van der Waals surface area contributed by atoms with E-state index in [9.17, 15) is 0 Å². The Hall–Kier alpha value is -1.03. The topological polar surface area (TPSA) is 33.1 Å². The number of likely N-dealkylation sites (N-methyl/N-ethyl adjacent to an activating group) is 1. The molecule has 1 aromatic rings. The Morgan fingerprint density at radius 1 is 1.44 bits per heavy atom. The second-order valence-electron chi connectivity index (χ2n) is 5.28. The number of hydrogen-bond donors (Lipinski definition) is 1. The molecule has 0 saturated carbocycles. The third kappa shape index (κ3) is 3.25. The molecule has 0 aliphatic carbocycles. The Labute approximate surface area is 110 Å². The van der Waals surface area contributed by atoms with Gasteiger partial charge >= 0.3 is 0 Å². The van der Waals surface area contributed by atoms with Gasteiger partial charge < -0.3 is 14.8 Å². The summed E-state index contributed by atoms with van der Waals surface area (Å²) < 4.78 is 2.25. The fraction of sp³-hybridized carbons (Fsp3) is 0.786. The van der Waals surface area contributed by atoms with Crippen molar-refractivity contribution < 1.29 is 0 Å². The molecule has 1 saturated heterocycles. The van der Waals surface area contributed by atoms with Gasteiger partial charge in [0.15, 0.2) is 0 Å². The third-order valence-corrected chi connectivity index (χ3v) is 3.65. The van der Waals surface area contributed by atoms with Gasteiger partial charge in [0.25, 0.3) is 0 Å². The van der Waals surface area contributed by atoms with Gasteiger partial charge in [0.2, 0.25) is 5.95 Å². The normalized spacial score (nSPS) is 21.2. The van der Waals surface area contributed by atoms with Crippen molar-refractivity contribution in [2.45, 2.75) is 52.6 Å². The van der Waals surface area contributed by atoms with Crippen molar-refractivity contribution in [3.8, 4) is 0 Å². The molecule has 18 heavy (non-hydrogen) atoms. The molecule has 0 aromatic carbocycles. The van der Waals surface area contributed by atoms with Crippen LogP contribution in [-0.2, 0) is 6.54 Å². The van der Waals surface area contributed by atoms with Gasteiger partial charge in [-0.25, -0.2) is 4.98 Å². The number of nitrogens with zero attached hydrogens (tertiary/aromatic N) is 3. The molecule has 102 valence electrons. The Morgan fingerprint density at radius 3 is 3.00 bits per heavy atom. The van der Waals surface area contributed by atoms with Gasteiger partial charge in [0.05, 0.1) is 5.69 Å². The van der Waals surface area contributed by atoms with Crippen LogP contribution >= 0.6 is 0 Å². The predicted molar refractivity (Wildman–Crippen MR) is 76.0 cm³/mol. The van der Waals surface area contributed by atoms with Crippen molar-refractivity contribution in [2.75, 3.05) is 25.0 Å². The van der Waals surface area contributed by atoms with Gasteiger partial charge in [-0.3, -0.25) is 0 Å². The number of rotatable bonds is 5. The minimum atomic E-state index is 0.552. The lowest BCUT2D eigenvalue weighted by Crippen LogP contribution is -2.42. The molecule has 2 heterocycles. The Morgan fingerprint density at radius 2 is 2.28 bits per heavy atom. The molecule has 1 aliphatic rings. The van der Waals surface area contributed by atoms with Crippen molar-refractivity contribution in [2.24, 2.45) is 0 Å². The molecule has 1 aliphatic heterocycles. The van der Waals surface area contributed by atoms with Crippen LogP contribution in [0.1, 0.15) is 38.8 Å². The largest absolute Gasteiger partial charge is 0.352 e. The molecular weight excluding hydrogens is 224 g/mol. The van der Waals surface area contributed by atoms with Gasteiger partial charge in [-0.05, 0) is 39.3 Å². The van der Waals surface area contributed by atoms with Crippen molar-refractivity contribution in [3.63, 3.8) is 0 Å². The van der Waals surface area contributed by atoms with Crippen molar-refractivity contribution in [1.82, 2.24) is 14.5 Å². The number of aromatic nitrogens is 2. The fourth-order valence-electron chi connectivity index (χ4n) is 2.72. The predicted octanol–water partition coefficient (Wildman–Crippen LogP) is 2.50.